The summed E-state index contributed by atoms with van der Waals surface area (Å²) in [5.41, 5.74) is 1.23. The van der Waals surface area contributed by atoms with E-state index in [-0.39, 0.29) is 0 Å². The van der Waals surface area contributed by atoms with Crippen molar-refractivity contribution >= 4 is 0 Å². The van der Waals surface area contributed by atoms with Gasteiger partial charge in [0.2, 0.25) is 0 Å². The van der Waals surface area contributed by atoms with Crippen molar-refractivity contribution < 1.29 is 14.6 Å². The van der Waals surface area contributed by atoms with Gasteiger partial charge in [0.15, 0.2) is 0 Å². The number of benzene rings is 2. The molecule has 0 radical (unpaired) electrons. The largest absolute Gasteiger partial charge is 0.497 e. The molecule has 0 unspecified atom stereocenters. The summed E-state index contributed by atoms with van der Waals surface area (Å²) in [6, 6.07) is 17.8. The molecule has 0 bridgehead atoms. The molecule has 0 amide bonds. The highest BCUT2D eigenvalue weighted by Gasteiger charge is 2.25. The number of nitrogens with zero attached hydrogens (tertiary/aromatic N) is 1. The summed E-state index contributed by atoms with van der Waals surface area (Å²) < 4.78 is 10.9. The minimum absolute atomic E-state index is 0.313. The Morgan fingerprint density at radius 1 is 1.04 bits per heavy atom. The first-order valence-corrected chi connectivity index (χ1v) is 8.94. The lowest BCUT2D eigenvalue weighted by molar-refractivity contribution is 0.0639. The van der Waals surface area contributed by atoms with Gasteiger partial charge in [-0.05, 0) is 48.6 Å². The number of methoxy groups -OCH3 is 1. The van der Waals surface area contributed by atoms with Gasteiger partial charge in [-0.15, -0.1) is 0 Å². The molecule has 1 saturated carbocycles. The highest BCUT2D eigenvalue weighted by atomic mass is 16.5. The Kier molecular flexibility index (Phi) is 6.31. The second-order valence-electron chi connectivity index (χ2n) is 6.76. The molecule has 4 nitrogen and oxygen atoms in total. The smallest absolute Gasteiger partial charge is 0.119 e. The quantitative estimate of drug-likeness (QED) is 0.720. The third-order valence-electron chi connectivity index (χ3n) is 4.43. The van der Waals surface area contributed by atoms with Gasteiger partial charge in [0.05, 0.1) is 7.11 Å². The van der Waals surface area contributed by atoms with E-state index in [9.17, 15) is 5.11 Å². The SMILES string of the molecule is COc1ccc(CN(CC2CC2)C[C@@H](O)COc2ccccc2)cc1. The maximum Gasteiger partial charge on any atom is 0.119 e. The maximum atomic E-state index is 10.4. The van der Waals surface area contributed by atoms with Crippen LogP contribution in [0.2, 0.25) is 0 Å². The lowest BCUT2D eigenvalue weighted by Crippen LogP contribution is -2.36. The fourth-order valence-corrected chi connectivity index (χ4v) is 2.92. The number of aliphatic hydroxyl groups is 1. The molecular formula is C21H27NO3. The fraction of sp³-hybridized carbons (Fsp3) is 0.429. The van der Waals surface area contributed by atoms with E-state index in [2.05, 4.69) is 17.0 Å². The third-order valence-corrected chi connectivity index (χ3v) is 4.43. The summed E-state index contributed by atoms with van der Waals surface area (Å²) in [5, 5.41) is 10.4. The molecule has 134 valence electrons. The van der Waals surface area contributed by atoms with Gasteiger partial charge in [0.1, 0.15) is 24.2 Å². The average molecular weight is 341 g/mol. The van der Waals surface area contributed by atoms with Crippen molar-refractivity contribution in [1.29, 1.82) is 0 Å². The molecular weight excluding hydrogens is 314 g/mol. The molecule has 25 heavy (non-hydrogen) atoms. The minimum atomic E-state index is -0.503. The van der Waals surface area contributed by atoms with Crippen molar-refractivity contribution in [3.05, 3.63) is 60.2 Å². The van der Waals surface area contributed by atoms with E-state index in [0.717, 1.165) is 30.5 Å². The van der Waals surface area contributed by atoms with Crippen LogP contribution in [0.3, 0.4) is 0 Å². The Balaban J connectivity index is 1.52. The molecule has 1 N–H and O–H groups in total. The Bertz CT molecular complexity index is 625. The van der Waals surface area contributed by atoms with Crippen LogP contribution in [0, 0.1) is 5.92 Å². The number of rotatable bonds is 10. The van der Waals surface area contributed by atoms with E-state index in [4.69, 9.17) is 9.47 Å². The zero-order valence-corrected chi connectivity index (χ0v) is 14.8. The van der Waals surface area contributed by atoms with E-state index in [1.165, 1.54) is 18.4 Å². The summed E-state index contributed by atoms with van der Waals surface area (Å²) in [6.45, 7) is 2.81. The zero-order chi connectivity index (χ0) is 17.5. The van der Waals surface area contributed by atoms with Crippen LogP contribution in [0.5, 0.6) is 11.5 Å². The molecule has 3 rings (SSSR count). The predicted octanol–water partition coefficient (Wildman–Crippen LogP) is 3.35. The fourth-order valence-electron chi connectivity index (χ4n) is 2.92. The molecule has 1 fully saturated rings. The van der Waals surface area contributed by atoms with Crippen molar-refractivity contribution in [2.75, 3.05) is 26.8 Å². The van der Waals surface area contributed by atoms with Gasteiger partial charge in [-0.25, -0.2) is 0 Å². The summed E-state index contributed by atoms with van der Waals surface area (Å²) in [6.07, 6.45) is 2.10. The second-order valence-corrected chi connectivity index (χ2v) is 6.76. The molecule has 0 heterocycles. The minimum Gasteiger partial charge on any atom is -0.497 e. The Morgan fingerprint density at radius 3 is 2.40 bits per heavy atom. The topological polar surface area (TPSA) is 41.9 Å². The van der Waals surface area contributed by atoms with Crippen molar-refractivity contribution in [3.8, 4) is 11.5 Å². The highest BCUT2D eigenvalue weighted by molar-refractivity contribution is 5.27. The van der Waals surface area contributed by atoms with Crippen LogP contribution < -0.4 is 9.47 Å². The van der Waals surface area contributed by atoms with Gasteiger partial charge in [0.25, 0.3) is 0 Å². The third kappa shape index (κ3) is 6.07. The van der Waals surface area contributed by atoms with Crippen LogP contribution in [-0.2, 0) is 6.54 Å². The first-order chi connectivity index (χ1) is 12.2. The number of aliphatic hydroxyl groups excluding tert-OH is 1. The second kappa shape index (κ2) is 8.88. The molecule has 1 aliphatic rings. The Labute approximate surface area is 150 Å². The molecule has 1 aliphatic carbocycles. The van der Waals surface area contributed by atoms with Gasteiger partial charge in [-0.3, -0.25) is 4.90 Å². The van der Waals surface area contributed by atoms with Crippen LogP contribution in [0.1, 0.15) is 18.4 Å². The molecule has 4 heteroatoms. The van der Waals surface area contributed by atoms with Gasteiger partial charge < -0.3 is 14.6 Å². The maximum absolute atomic E-state index is 10.4. The van der Waals surface area contributed by atoms with Crippen LogP contribution >= 0.6 is 0 Å². The van der Waals surface area contributed by atoms with E-state index >= 15 is 0 Å². The summed E-state index contributed by atoms with van der Waals surface area (Å²) in [4.78, 5) is 2.33. The van der Waals surface area contributed by atoms with Crippen molar-refractivity contribution in [3.63, 3.8) is 0 Å². The Morgan fingerprint density at radius 2 is 1.76 bits per heavy atom. The number of hydrogen-bond donors (Lipinski definition) is 1. The normalized spacial score (nSPS) is 15.2. The monoisotopic (exact) mass is 341 g/mol. The van der Waals surface area contributed by atoms with Crippen molar-refractivity contribution in [2.45, 2.75) is 25.5 Å². The first kappa shape index (κ1) is 17.8. The highest BCUT2D eigenvalue weighted by Crippen LogP contribution is 2.30. The van der Waals surface area contributed by atoms with Gasteiger partial charge in [0, 0.05) is 19.6 Å². The summed E-state index contributed by atoms with van der Waals surface area (Å²) in [5.74, 6) is 2.44. The van der Waals surface area contributed by atoms with Crippen LogP contribution in [-0.4, -0.2) is 42.9 Å². The first-order valence-electron chi connectivity index (χ1n) is 8.94. The average Bonchev–Trinajstić information content (AvgIpc) is 3.45. The van der Waals surface area contributed by atoms with E-state index in [0.29, 0.717) is 13.2 Å². The van der Waals surface area contributed by atoms with Gasteiger partial charge in [-0.2, -0.15) is 0 Å². The molecule has 0 saturated heterocycles. The molecule has 2 aromatic rings. The molecule has 0 spiro atoms. The van der Waals surface area contributed by atoms with Crippen LogP contribution in [0.4, 0.5) is 0 Å². The molecule has 0 aromatic heterocycles. The summed E-state index contributed by atoms with van der Waals surface area (Å²) >= 11 is 0. The van der Waals surface area contributed by atoms with E-state index in [1.54, 1.807) is 7.11 Å². The van der Waals surface area contributed by atoms with Crippen molar-refractivity contribution in [1.82, 2.24) is 4.90 Å². The van der Waals surface area contributed by atoms with E-state index in [1.807, 2.05) is 42.5 Å². The van der Waals surface area contributed by atoms with Gasteiger partial charge >= 0.3 is 0 Å². The number of para-hydroxylation sites is 1. The molecule has 1 atom stereocenters. The standard InChI is InChI=1S/C21H27NO3/c1-24-20-11-9-18(10-12-20)14-22(13-17-7-8-17)15-19(23)16-25-21-5-3-2-4-6-21/h2-6,9-12,17,19,23H,7-8,13-16H2,1H3/t19-/m1/s1. The Hall–Kier alpha value is -2.04. The van der Waals surface area contributed by atoms with Crippen molar-refractivity contribution in [2.24, 2.45) is 5.92 Å². The lowest BCUT2D eigenvalue weighted by atomic mass is 10.2. The van der Waals surface area contributed by atoms with Gasteiger partial charge in [-0.1, -0.05) is 30.3 Å². The number of hydrogen-bond acceptors (Lipinski definition) is 4. The number of ether oxygens (including phenoxy) is 2. The van der Waals surface area contributed by atoms with Crippen LogP contribution in [0.25, 0.3) is 0 Å². The van der Waals surface area contributed by atoms with Crippen LogP contribution in [0.15, 0.2) is 54.6 Å². The predicted molar refractivity (Wildman–Crippen MR) is 98.9 cm³/mol. The molecule has 2 aromatic carbocycles. The lowest BCUT2D eigenvalue weighted by Gasteiger charge is -2.25. The molecule has 0 aliphatic heterocycles. The zero-order valence-electron chi connectivity index (χ0n) is 14.8. The van der Waals surface area contributed by atoms with E-state index < -0.39 is 6.10 Å². The summed E-state index contributed by atoms with van der Waals surface area (Å²) in [7, 11) is 1.68.